The van der Waals surface area contributed by atoms with Crippen LogP contribution < -0.4 is 10.6 Å². The van der Waals surface area contributed by atoms with Crippen molar-refractivity contribution in [2.45, 2.75) is 44.7 Å². The third-order valence-corrected chi connectivity index (χ3v) is 5.46. The summed E-state index contributed by atoms with van der Waals surface area (Å²) in [4.78, 5) is 36.3. The van der Waals surface area contributed by atoms with Crippen LogP contribution in [0.25, 0.3) is 11.1 Å². The van der Waals surface area contributed by atoms with Crippen LogP contribution in [0, 0.1) is 11.8 Å². The molecule has 7 nitrogen and oxygen atoms in total. The maximum absolute atomic E-state index is 12.5. The topological polar surface area (TPSA) is 105 Å². The van der Waals surface area contributed by atoms with Crippen LogP contribution in [0.1, 0.15) is 43.7 Å². The zero-order valence-electron chi connectivity index (χ0n) is 18.1. The zero-order valence-corrected chi connectivity index (χ0v) is 18.1. The van der Waals surface area contributed by atoms with Crippen molar-refractivity contribution in [1.29, 1.82) is 0 Å². The monoisotopic (exact) mass is 434 g/mol. The van der Waals surface area contributed by atoms with Crippen LogP contribution in [0.5, 0.6) is 0 Å². The smallest absolute Gasteiger partial charge is 0.407 e. The van der Waals surface area contributed by atoms with E-state index in [4.69, 9.17) is 4.74 Å². The summed E-state index contributed by atoms with van der Waals surface area (Å²) in [5, 5.41) is 14.2. The second-order valence-corrected chi connectivity index (χ2v) is 7.46. The van der Waals surface area contributed by atoms with Gasteiger partial charge in [0.25, 0.3) is 0 Å². The first kappa shape index (κ1) is 22.9. The molecule has 0 heterocycles. The quantitative estimate of drug-likeness (QED) is 0.553. The summed E-state index contributed by atoms with van der Waals surface area (Å²) in [5.74, 6) is 3.38. The Kier molecular flexibility index (Phi) is 7.50. The van der Waals surface area contributed by atoms with E-state index < -0.39 is 30.1 Å². The molecule has 0 fully saturated rings. The number of ether oxygens (including phenoxy) is 1. The lowest BCUT2D eigenvalue weighted by atomic mass is 9.98. The minimum absolute atomic E-state index is 0.0149. The molecular formula is C25H26N2O5. The Morgan fingerprint density at radius 3 is 2.12 bits per heavy atom. The van der Waals surface area contributed by atoms with Gasteiger partial charge in [-0.3, -0.25) is 4.79 Å². The van der Waals surface area contributed by atoms with Gasteiger partial charge in [-0.05, 0) is 35.6 Å². The molecule has 3 N–H and O–H groups in total. The maximum atomic E-state index is 12.5. The standard InChI is InChI=1S/C25H26N2O5/c1-3-5-14-22(24(29)30)26-23(28)21(4-2)27-25(31)32-15-20-18-12-8-6-10-16(18)17-11-7-9-13-19(17)20/h6-13,20-22H,4,14-15H2,1-2H3,(H,26,28)(H,27,31)(H,29,30). The predicted molar refractivity (Wildman–Crippen MR) is 120 cm³/mol. The van der Waals surface area contributed by atoms with Crippen molar-refractivity contribution < 1.29 is 24.2 Å². The molecule has 0 aliphatic heterocycles. The molecule has 1 aliphatic rings. The van der Waals surface area contributed by atoms with E-state index in [1.54, 1.807) is 13.8 Å². The highest BCUT2D eigenvalue weighted by molar-refractivity contribution is 5.89. The molecule has 2 aromatic carbocycles. The number of alkyl carbamates (subject to hydrolysis) is 1. The van der Waals surface area contributed by atoms with Crippen molar-refractivity contribution in [3.63, 3.8) is 0 Å². The molecule has 2 aromatic rings. The number of carboxylic acids is 1. The summed E-state index contributed by atoms with van der Waals surface area (Å²) >= 11 is 0. The number of aliphatic carboxylic acids is 1. The number of amides is 2. The molecule has 3 rings (SSSR count). The van der Waals surface area contributed by atoms with Gasteiger partial charge < -0.3 is 20.5 Å². The Balaban J connectivity index is 1.62. The third kappa shape index (κ3) is 5.09. The fraction of sp³-hybridized carbons (Fsp3) is 0.320. The predicted octanol–water partition coefficient (Wildman–Crippen LogP) is 3.29. The molecule has 0 saturated carbocycles. The lowest BCUT2D eigenvalue weighted by Gasteiger charge is -2.20. The maximum Gasteiger partial charge on any atom is 0.407 e. The number of carbonyl (C=O) groups is 3. The van der Waals surface area contributed by atoms with Crippen LogP contribution in [-0.4, -0.2) is 41.8 Å². The number of carboxylic acid groups (broad SMARTS) is 1. The number of rotatable bonds is 8. The van der Waals surface area contributed by atoms with E-state index in [-0.39, 0.29) is 25.4 Å². The van der Waals surface area contributed by atoms with Gasteiger partial charge in [0.2, 0.25) is 5.91 Å². The molecule has 0 saturated heterocycles. The molecule has 1 aliphatic carbocycles. The fourth-order valence-corrected chi connectivity index (χ4v) is 3.81. The molecule has 32 heavy (non-hydrogen) atoms. The van der Waals surface area contributed by atoms with Crippen LogP contribution in [-0.2, 0) is 14.3 Å². The van der Waals surface area contributed by atoms with Gasteiger partial charge in [-0.2, -0.15) is 0 Å². The van der Waals surface area contributed by atoms with Gasteiger partial charge >= 0.3 is 12.1 Å². The highest BCUT2D eigenvalue weighted by atomic mass is 16.5. The van der Waals surface area contributed by atoms with Crippen LogP contribution in [0.2, 0.25) is 0 Å². The van der Waals surface area contributed by atoms with E-state index in [1.807, 2.05) is 48.5 Å². The van der Waals surface area contributed by atoms with Gasteiger partial charge in [0, 0.05) is 12.3 Å². The molecule has 0 spiro atoms. The minimum Gasteiger partial charge on any atom is -0.480 e. The summed E-state index contributed by atoms with van der Waals surface area (Å²) in [7, 11) is 0. The van der Waals surface area contributed by atoms with Gasteiger partial charge in [-0.1, -0.05) is 55.5 Å². The second-order valence-electron chi connectivity index (χ2n) is 7.46. The normalized spacial score (nSPS) is 13.6. The fourth-order valence-electron chi connectivity index (χ4n) is 3.81. The summed E-state index contributed by atoms with van der Waals surface area (Å²) in [6, 6.07) is 14.0. The van der Waals surface area contributed by atoms with Gasteiger partial charge in [0.1, 0.15) is 18.7 Å². The average Bonchev–Trinajstić information content (AvgIpc) is 3.12. The largest absolute Gasteiger partial charge is 0.480 e. The van der Waals surface area contributed by atoms with Crippen LogP contribution in [0.15, 0.2) is 48.5 Å². The Morgan fingerprint density at radius 1 is 1.00 bits per heavy atom. The average molecular weight is 434 g/mol. The summed E-state index contributed by atoms with van der Waals surface area (Å²) in [6.45, 7) is 3.44. The summed E-state index contributed by atoms with van der Waals surface area (Å²) in [5.41, 5.74) is 4.43. The second kappa shape index (κ2) is 10.5. The van der Waals surface area contributed by atoms with Crippen molar-refractivity contribution in [3.8, 4) is 23.0 Å². The number of hydrogen-bond donors (Lipinski definition) is 3. The third-order valence-electron chi connectivity index (χ3n) is 5.46. The summed E-state index contributed by atoms with van der Waals surface area (Å²) in [6.07, 6.45) is -0.463. The Morgan fingerprint density at radius 2 is 1.59 bits per heavy atom. The van der Waals surface area contributed by atoms with E-state index in [2.05, 4.69) is 22.5 Å². The van der Waals surface area contributed by atoms with Crippen molar-refractivity contribution in [3.05, 3.63) is 59.7 Å². The number of nitrogens with one attached hydrogen (secondary N) is 2. The van der Waals surface area contributed by atoms with Gasteiger partial charge in [-0.15, -0.1) is 11.8 Å². The highest BCUT2D eigenvalue weighted by Crippen LogP contribution is 2.44. The van der Waals surface area contributed by atoms with Crippen LogP contribution in [0.3, 0.4) is 0 Å². The molecule has 0 bridgehead atoms. The number of fused-ring (bicyclic) bond motifs is 3. The first-order valence-corrected chi connectivity index (χ1v) is 10.5. The number of carbonyl (C=O) groups excluding carboxylic acids is 2. The van der Waals surface area contributed by atoms with Crippen molar-refractivity contribution >= 4 is 18.0 Å². The Labute approximate surface area is 187 Å². The summed E-state index contributed by atoms with van der Waals surface area (Å²) < 4.78 is 5.47. The number of benzene rings is 2. The molecular weight excluding hydrogens is 408 g/mol. The molecule has 0 radical (unpaired) electrons. The van der Waals surface area contributed by atoms with Crippen molar-refractivity contribution in [1.82, 2.24) is 10.6 Å². The first-order valence-electron chi connectivity index (χ1n) is 10.5. The van der Waals surface area contributed by atoms with E-state index in [0.29, 0.717) is 0 Å². The molecule has 7 heteroatoms. The Hall–Kier alpha value is -3.79. The molecule has 0 aromatic heterocycles. The van der Waals surface area contributed by atoms with Gasteiger partial charge in [0.05, 0.1) is 0 Å². The molecule has 2 unspecified atom stereocenters. The SMILES string of the molecule is CC#CCC(NC(=O)C(CC)NC(=O)OCC1c2ccccc2-c2ccccc21)C(=O)O. The van der Waals surface area contributed by atoms with Crippen LogP contribution >= 0.6 is 0 Å². The van der Waals surface area contributed by atoms with E-state index >= 15 is 0 Å². The lowest BCUT2D eigenvalue weighted by molar-refractivity contribution is -0.141. The van der Waals surface area contributed by atoms with E-state index in [9.17, 15) is 19.5 Å². The van der Waals surface area contributed by atoms with Gasteiger partial charge in [0.15, 0.2) is 0 Å². The van der Waals surface area contributed by atoms with E-state index in [1.165, 1.54) is 0 Å². The van der Waals surface area contributed by atoms with Crippen LogP contribution in [0.4, 0.5) is 4.79 Å². The van der Waals surface area contributed by atoms with Crippen molar-refractivity contribution in [2.75, 3.05) is 6.61 Å². The molecule has 166 valence electrons. The minimum atomic E-state index is -1.18. The molecule has 2 atom stereocenters. The Bertz CT molecular complexity index is 1020. The number of hydrogen-bond acceptors (Lipinski definition) is 4. The van der Waals surface area contributed by atoms with Gasteiger partial charge in [-0.25, -0.2) is 9.59 Å². The lowest BCUT2D eigenvalue weighted by Crippen LogP contribution is -2.51. The van der Waals surface area contributed by atoms with Crippen molar-refractivity contribution in [2.24, 2.45) is 0 Å². The molecule has 2 amide bonds. The first-order chi connectivity index (χ1) is 15.5. The zero-order chi connectivity index (χ0) is 23.1. The highest BCUT2D eigenvalue weighted by Gasteiger charge is 2.30. The van der Waals surface area contributed by atoms with E-state index in [0.717, 1.165) is 22.3 Å².